The van der Waals surface area contributed by atoms with Gasteiger partial charge in [-0.15, -0.1) is 0 Å². The summed E-state index contributed by atoms with van der Waals surface area (Å²) < 4.78 is 5.62. The van der Waals surface area contributed by atoms with Gasteiger partial charge in [0, 0.05) is 0 Å². The van der Waals surface area contributed by atoms with Gasteiger partial charge < -0.3 is 9.22 Å². The molecule has 1 rings (SSSR count). The van der Waals surface area contributed by atoms with E-state index in [1.807, 2.05) is 45.4 Å². The number of hydrogen-bond donors (Lipinski definition) is 1. The van der Waals surface area contributed by atoms with Gasteiger partial charge in [0.1, 0.15) is 5.75 Å². The van der Waals surface area contributed by atoms with E-state index in [2.05, 4.69) is 10.5 Å². The van der Waals surface area contributed by atoms with Gasteiger partial charge in [0.05, 0.1) is 34.5 Å². The lowest BCUT2D eigenvalue weighted by atomic mass is 10.2. The number of amides is 1. The van der Waals surface area contributed by atoms with Crippen molar-refractivity contribution in [1.82, 2.24) is 5.43 Å². The van der Waals surface area contributed by atoms with Crippen molar-refractivity contribution in [3.8, 4) is 5.75 Å². The fraction of sp³-hybridized carbons (Fsp3) is 0.385. The third-order valence-electron chi connectivity index (χ3n) is 2.14. The van der Waals surface area contributed by atoms with Crippen LogP contribution in [-0.4, -0.2) is 51.4 Å². The van der Waals surface area contributed by atoms with E-state index in [0.29, 0.717) is 11.0 Å². The molecule has 98 valence electrons. The van der Waals surface area contributed by atoms with Gasteiger partial charge in [-0.1, -0.05) is 0 Å². The van der Waals surface area contributed by atoms with Crippen LogP contribution >= 0.6 is 0 Å². The van der Waals surface area contributed by atoms with Gasteiger partial charge >= 0.3 is 0 Å². The van der Waals surface area contributed by atoms with Crippen molar-refractivity contribution in [1.29, 1.82) is 0 Å². The molecule has 5 nitrogen and oxygen atoms in total. The highest BCUT2D eigenvalue weighted by molar-refractivity contribution is 5.82. The van der Waals surface area contributed by atoms with Crippen LogP contribution in [0, 0.1) is 0 Å². The number of benzene rings is 1. The molecule has 5 heteroatoms. The highest BCUT2D eigenvalue weighted by Gasteiger charge is 2.12. The van der Waals surface area contributed by atoms with Gasteiger partial charge in [0.25, 0.3) is 5.91 Å². The summed E-state index contributed by atoms with van der Waals surface area (Å²) in [6, 6.07) is 7.42. The molecule has 1 aromatic carbocycles. The normalized spacial score (nSPS) is 11.6. The zero-order valence-corrected chi connectivity index (χ0v) is 11.3. The van der Waals surface area contributed by atoms with Crippen LogP contribution in [0.3, 0.4) is 0 Å². The molecule has 0 radical (unpaired) electrons. The lowest BCUT2D eigenvalue weighted by molar-refractivity contribution is -0.862. The molecule has 0 unspecified atom stereocenters. The Hall–Kier alpha value is -1.88. The molecular formula is C13H20N3O2+. The SMILES string of the molecule is COc1ccc(/C=N\NC(=O)C[N+](C)(C)C)cc1. The Kier molecular flexibility index (Phi) is 4.85. The molecular weight excluding hydrogens is 230 g/mol. The van der Waals surface area contributed by atoms with E-state index >= 15 is 0 Å². The topological polar surface area (TPSA) is 50.7 Å². The van der Waals surface area contributed by atoms with Gasteiger partial charge in [-0.3, -0.25) is 4.79 Å². The Morgan fingerprint density at radius 2 is 1.94 bits per heavy atom. The highest BCUT2D eigenvalue weighted by atomic mass is 16.5. The minimum Gasteiger partial charge on any atom is -0.497 e. The molecule has 1 amide bonds. The number of methoxy groups -OCH3 is 1. The van der Waals surface area contributed by atoms with Gasteiger partial charge in [-0.05, 0) is 29.8 Å². The van der Waals surface area contributed by atoms with Crippen LogP contribution in [0.5, 0.6) is 5.75 Å². The van der Waals surface area contributed by atoms with Crippen LogP contribution in [0.15, 0.2) is 29.4 Å². The van der Waals surface area contributed by atoms with Gasteiger partial charge in [-0.2, -0.15) is 5.10 Å². The quantitative estimate of drug-likeness (QED) is 0.478. The molecule has 1 N–H and O–H groups in total. The standard InChI is InChI=1S/C13H19N3O2/c1-16(2,3)10-13(17)15-14-9-11-5-7-12(18-4)8-6-11/h5-9H,10H2,1-4H3/p+1/b14-9-. The minimum atomic E-state index is -0.104. The lowest BCUT2D eigenvalue weighted by Gasteiger charge is -2.21. The van der Waals surface area contributed by atoms with Crippen molar-refractivity contribution >= 4 is 12.1 Å². The smallest absolute Gasteiger partial charge is 0.295 e. The monoisotopic (exact) mass is 250 g/mol. The van der Waals surface area contributed by atoms with E-state index in [1.54, 1.807) is 13.3 Å². The molecule has 0 fully saturated rings. The maximum atomic E-state index is 11.5. The number of ether oxygens (including phenoxy) is 1. The van der Waals surface area contributed by atoms with Crippen LogP contribution in [0.25, 0.3) is 0 Å². The number of hydrogen-bond acceptors (Lipinski definition) is 3. The summed E-state index contributed by atoms with van der Waals surface area (Å²) in [6.45, 7) is 0.389. The average molecular weight is 250 g/mol. The van der Waals surface area contributed by atoms with E-state index in [1.165, 1.54) is 0 Å². The van der Waals surface area contributed by atoms with Gasteiger partial charge in [0.2, 0.25) is 0 Å². The Bertz CT molecular complexity index is 419. The molecule has 0 saturated carbocycles. The summed E-state index contributed by atoms with van der Waals surface area (Å²) in [5.74, 6) is 0.688. The molecule has 0 bridgehead atoms. The third kappa shape index (κ3) is 5.45. The molecule has 0 saturated heterocycles. The van der Waals surface area contributed by atoms with Crippen molar-refractivity contribution < 1.29 is 14.0 Å². The number of rotatable bonds is 5. The number of carbonyl (C=O) groups excluding carboxylic acids is 1. The molecule has 0 aliphatic heterocycles. The van der Waals surface area contributed by atoms with Gasteiger partial charge in [0.15, 0.2) is 6.54 Å². The van der Waals surface area contributed by atoms with E-state index in [9.17, 15) is 4.79 Å². The first kappa shape index (κ1) is 14.2. The zero-order chi connectivity index (χ0) is 13.6. The molecule has 0 heterocycles. The number of hydrazone groups is 1. The van der Waals surface area contributed by atoms with E-state index < -0.39 is 0 Å². The maximum Gasteiger partial charge on any atom is 0.295 e. The molecule has 0 aliphatic rings. The van der Waals surface area contributed by atoms with Crippen LogP contribution < -0.4 is 10.2 Å². The van der Waals surface area contributed by atoms with E-state index in [-0.39, 0.29) is 5.91 Å². The average Bonchev–Trinajstić information content (AvgIpc) is 2.27. The first-order valence-electron chi connectivity index (χ1n) is 5.67. The number of nitrogens with zero attached hydrogens (tertiary/aromatic N) is 2. The van der Waals surface area contributed by atoms with Crippen molar-refractivity contribution in [3.05, 3.63) is 29.8 Å². The molecule has 0 atom stereocenters. The van der Waals surface area contributed by atoms with Crippen molar-refractivity contribution in [2.75, 3.05) is 34.8 Å². The summed E-state index contributed by atoms with van der Waals surface area (Å²) >= 11 is 0. The van der Waals surface area contributed by atoms with Crippen molar-refractivity contribution in [2.45, 2.75) is 0 Å². The molecule has 0 spiro atoms. The summed E-state index contributed by atoms with van der Waals surface area (Å²) in [6.07, 6.45) is 1.60. The third-order valence-corrected chi connectivity index (χ3v) is 2.14. The largest absolute Gasteiger partial charge is 0.497 e. The first-order valence-corrected chi connectivity index (χ1v) is 5.67. The zero-order valence-electron chi connectivity index (χ0n) is 11.3. The Morgan fingerprint density at radius 3 is 2.44 bits per heavy atom. The van der Waals surface area contributed by atoms with Crippen molar-refractivity contribution in [3.63, 3.8) is 0 Å². The summed E-state index contributed by atoms with van der Waals surface area (Å²) in [7, 11) is 7.47. The van der Waals surface area contributed by atoms with Crippen molar-refractivity contribution in [2.24, 2.45) is 5.10 Å². The van der Waals surface area contributed by atoms with Crippen LogP contribution in [-0.2, 0) is 4.79 Å². The first-order chi connectivity index (χ1) is 8.40. The predicted molar refractivity (Wildman–Crippen MR) is 71.6 cm³/mol. The summed E-state index contributed by atoms with van der Waals surface area (Å²) in [5.41, 5.74) is 3.40. The van der Waals surface area contributed by atoms with Gasteiger partial charge in [-0.25, -0.2) is 5.43 Å². The number of quaternary nitrogens is 1. The lowest BCUT2D eigenvalue weighted by Crippen LogP contribution is -2.43. The number of nitrogens with one attached hydrogen (secondary N) is 1. The van der Waals surface area contributed by atoms with E-state index in [4.69, 9.17) is 4.74 Å². The minimum absolute atomic E-state index is 0.104. The van der Waals surface area contributed by atoms with E-state index in [0.717, 1.165) is 11.3 Å². The second kappa shape index (κ2) is 6.16. The number of carbonyl (C=O) groups is 1. The second-order valence-electron chi connectivity index (χ2n) is 5.01. The molecule has 0 aliphatic carbocycles. The van der Waals surface area contributed by atoms with Crippen LogP contribution in [0.1, 0.15) is 5.56 Å². The second-order valence-corrected chi connectivity index (χ2v) is 5.01. The molecule has 18 heavy (non-hydrogen) atoms. The predicted octanol–water partition coefficient (Wildman–Crippen LogP) is 0.851. The number of likely N-dealkylation sites (N-methyl/N-ethyl adjacent to an activating group) is 1. The fourth-order valence-electron chi connectivity index (χ4n) is 1.33. The van der Waals surface area contributed by atoms with Crippen LogP contribution in [0.2, 0.25) is 0 Å². The molecule has 0 aromatic heterocycles. The maximum absolute atomic E-state index is 11.5. The Labute approximate surface area is 108 Å². The Balaban J connectivity index is 2.47. The van der Waals surface area contributed by atoms with Crippen LogP contribution in [0.4, 0.5) is 0 Å². The Morgan fingerprint density at radius 1 is 1.33 bits per heavy atom. The summed E-state index contributed by atoms with van der Waals surface area (Å²) in [5, 5.41) is 3.91. The fourth-order valence-corrected chi connectivity index (χ4v) is 1.33. The highest BCUT2D eigenvalue weighted by Crippen LogP contribution is 2.09. The summed E-state index contributed by atoms with van der Waals surface area (Å²) in [4.78, 5) is 11.5. The molecule has 1 aromatic rings.